The van der Waals surface area contributed by atoms with Crippen LogP contribution in [0.2, 0.25) is 5.02 Å². The molecule has 1 atom stereocenters. The summed E-state index contributed by atoms with van der Waals surface area (Å²) < 4.78 is 0. The van der Waals surface area contributed by atoms with E-state index in [-0.39, 0.29) is 11.8 Å². The summed E-state index contributed by atoms with van der Waals surface area (Å²) >= 11 is 5.87. The van der Waals surface area contributed by atoms with E-state index in [1.807, 2.05) is 6.07 Å². The highest BCUT2D eigenvalue weighted by molar-refractivity contribution is 6.30. The summed E-state index contributed by atoms with van der Waals surface area (Å²) in [6.07, 6.45) is 2.16. The second-order valence-corrected chi connectivity index (χ2v) is 5.01. The Bertz CT molecular complexity index is 472. The summed E-state index contributed by atoms with van der Waals surface area (Å²) in [7, 11) is 0. The van der Waals surface area contributed by atoms with Gasteiger partial charge in [0.1, 0.15) is 6.04 Å². The molecule has 4 nitrogen and oxygen atoms in total. The van der Waals surface area contributed by atoms with Gasteiger partial charge in [0, 0.05) is 17.4 Å². The number of benzene rings is 1. The van der Waals surface area contributed by atoms with Gasteiger partial charge in [-0.2, -0.15) is 0 Å². The van der Waals surface area contributed by atoms with Gasteiger partial charge in [0.25, 0.3) is 0 Å². The predicted molar refractivity (Wildman–Crippen MR) is 69.0 cm³/mol. The number of halogens is 1. The highest BCUT2D eigenvalue weighted by Crippen LogP contribution is 2.29. The fraction of sp³-hybridized carbons (Fsp3) is 0.385. The molecule has 1 aliphatic carbocycles. The lowest BCUT2D eigenvalue weighted by atomic mass is 10.1. The van der Waals surface area contributed by atoms with Crippen LogP contribution >= 0.6 is 11.6 Å². The monoisotopic (exact) mass is 266 g/mol. The molecular weight excluding hydrogens is 252 g/mol. The van der Waals surface area contributed by atoms with Crippen LogP contribution in [0.4, 0.5) is 0 Å². The lowest BCUT2D eigenvalue weighted by molar-refractivity contribution is -0.128. The third kappa shape index (κ3) is 3.47. The summed E-state index contributed by atoms with van der Waals surface area (Å²) in [6, 6.07) is 6.51. The van der Waals surface area contributed by atoms with E-state index in [0.717, 1.165) is 18.4 Å². The molecule has 2 amide bonds. The van der Waals surface area contributed by atoms with Gasteiger partial charge in [-0.3, -0.25) is 9.59 Å². The Balaban J connectivity index is 2.01. The van der Waals surface area contributed by atoms with Gasteiger partial charge in [-0.1, -0.05) is 23.7 Å². The van der Waals surface area contributed by atoms with Gasteiger partial charge in [0.2, 0.25) is 11.8 Å². The number of hydrogen-bond acceptors (Lipinski definition) is 2. The van der Waals surface area contributed by atoms with Gasteiger partial charge in [-0.15, -0.1) is 0 Å². The summed E-state index contributed by atoms with van der Waals surface area (Å²) in [5, 5.41) is 3.29. The summed E-state index contributed by atoms with van der Waals surface area (Å²) in [4.78, 5) is 23.0. The number of rotatable bonds is 5. The van der Waals surface area contributed by atoms with E-state index in [1.165, 1.54) is 0 Å². The summed E-state index contributed by atoms with van der Waals surface area (Å²) in [5.41, 5.74) is 6.18. The molecule has 18 heavy (non-hydrogen) atoms. The second kappa shape index (κ2) is 5.40. The van der Waals surface area contributed by atoms with Crippen LogP contribution in [0.3, 0.4) is 0 Å². The topological polar surface area (TPSA) is 72.2 Å². The molecule has 5 heteroatoms. The zero-order valence-corrected chi connectivity index (χ0v) is 10.6. The molecule has 0 aromatic heterocycles. The van der Waals surface area contributed by atoms with Crippen molar-refractivity contribution in [2.75, 3.05) is 0 Å². The van der Waals surface area contributed by atoms with E-state index in [2.05, 4.69) is 5.32 Å². The van der Waals surface area contributed by atoms with E-state index in [9.17, 15) is 9.59 Å². The molecule has 0 aliphatic heterocycles. The molecule has 0 saturated heterocycles. The van der Waals surface area contributed by atoms with E-state index in [0.29, 0.717) is 11.4 Å². The normalized spacial score (nSPS) is 16.1. The van der Waals surface area contributed by atoms with Gasteiger partial charge in [0.15, 0.2) is 0 Å². The lowest BCUT2D eigenvalue weighted by Crippen LogP contribution is -2.46. The first-order chi connectivity index (χ1) is 8.56. The van der Waals surface area contributed by atoms with Crippen molar-refractivity contribution in [1.82, 2.24) is 5.32 Å². The third-order valence-electron chi connectivity index (χ3n) is 2.94. The summed E-state index contributed by atoms with van der Waals surface area (Å²) in [6.45, 7) is 0. The summed E-state index contributed by atoms with van der Waals surface area (Å²) in [5.74, 6) is -0.545. The lowest BCUT2D eigenvalue weighted by Gasteiger charge is -2.15. The van der Waals surface area contributed by atoms with Crippen molar-refractivity contribution in [2.45, 2.75) is 25.3 Å². The molecule has 0 radical (unpaired) electrons. The molecule has 1 saturated carbocycles. The van der Waals surface area contributed by atoms with Crippen LogP contribution in [-0.2, 0) is 16.0 Å². The molecule has 0 heterocycles. The van der Waals surface area contributed by atoms with Gasteiger partial charge < -0.3 is 11.1 Å². The maximum atomic E-state index is 11.6. The maximum absolute atomic E-state index is 11.6. The zero-order chi connectivity index (χ0) is 13.1. The molecule has 3 N–H and O–H groups in total. The van der Waals surface area contributed by atoms with Crippen molar-refractivity contribution >= 4 is 23.4 Å². The predicted octanol–water partition coefficient (Wildman–Crippen LogP) is 1.26. The highest BCUT2D eigenvalue weighted by atomic mass is 35.5. The molecule has 1 aliphatic rings. The fourth-order valence-electron chi connectivity index (χ4n) is 1.76. The fourth-order valence-corrected chi connectivity index (χ4v) is 1.97. The molecule has 1 aromatic carbocycles. The minimum Gasteiger partial charge on any atom is -0.368 e. The average molecular weight is 267 g/mol. The molecule has 1 aromatic rings. The molecule has 1 fully saturated rings. The van der Waals surface area contributed by atoms with Crippen LogP contribution < -0.4 is 11.1 Å². The van der Waals surface area contributed by atoms with Crippen molar-refractivity contribution in [3.63, 3.8) is 0 Å². The number of carbonyl (C=O) groups is 2. The Hall–Kier alpha value is -1.55. The van der Waals surface area contributed by atoms with Crippen LogP contribution in [0.25, 0.3) is 0 Å². The minimum absolute atomic E-state index is 0.0613. The number of amides is 2. The van der Waals surface area contributed by atoms with Crippen LogP contribution in [0, 0.1) is 5.92 Å². The van der Waals surface area contributed by atoms with Crippen LogP contribution in [-0.4, -0.2) is 17.9 Å². The van der Waals surface area contributed by atoms with E-state index in [4.69, 9.17) is 17.3 Å². The number of primary amides is 1. The largest absolute Gasteiger partial charge is 0.368 e. The van der Waals surface area contributed by atoms with Crippen molar-refractivity contribution < 1.29 is 9.59 Å². The Morgan fingerprint density at radius 3 is 2.72 bits per heavy atom. The minimum atomic E-state index is -0.670. The first-order valence-corrected chi connectivity index (χ1v) is 6.28. The SMILES string of the molecule is NC(=O)[C@H](Cc1cccc(Cl)c1)NC(=O)C1CC1. The van der Waals surface area contributed by atoms with Crippen molar-refractivity contribution in [3.8, 4) is 0 Å². The average Bonchev–Trinajstić information content (AvgIpc) is 3.11. The number of nitrogens with two attached hydrogens (primary N) is 1. The molecule has 96 valence electrons. The molecule has 0 unspecified atom stereocenters. The Morgan fingerprint density at radius 2 is 2.17 bits per heavy atom. The van der Waals surface area contributed by atoms with Gasteiger partial charge >= 0.3 is 0 Å². The third-order valence-corrected chi connectivity index (χ3v) is 3.17. The second-order valence-electron chi connectivity index (χ2n) is 4.57. The van der Waals surface area contributed by atoms with Gasteiger partial charge in [-0.25, -0.2) is 0 Å². The van der Waals surface area contributed by atoms with Crippen LogP contribution in [0.5, 0.6) is 0 Å². The number of nitrogens with one attached hydrogen (secondary N) is 1. The Kier molecular flexibility index (Phi) is 3.87. The first kappa shape index (κ1) is 12.9. The molecule has 0 spiro atoms. The first-order valence-electron chi connectivity index (χ1n) is 5.90. The van der Waals surface area contributed by atoms with E-state index >= 15 is 0 Å². The number of hydrogen-bond donors (Lipinski definition) is 2. The Labute approximate surface area is 110 Å². The van der Waals surface area contributed by atoms with Gasteiger partial charge in [0.05, 0.1) is 0 Å². The smallest absolute Gasteiger partial charge is 0.240 e. The standard InChI is InChI=1S/C13H15ClN2O2/c14-10-3-1-2-8(6-10)7-11(12(15)17)16-13(18)9-4-5-9/h1-3,6,9,11H,4-5,7H2,(H2,15,17)(H,16,18)/t11-/m0/s1. The van der Waals surface area contributed by atoms with E-state index in [1.54, 1.807) is 18.2 Å². The van der Waals surface area contributed by atoms with Crippen LogP contribution in [0.1, 0.15) is 18.4 Å². The Morgan fingerprint density at radius 1 is 1.44 bits per heavy atom. The highest BCUT2D eigenvalue weighted by Gasteiger charge is 2.32. The van der Waals surface area contributed by atoms with Crippen molar-refractivity contribution in [3.05, 3.63) is 34.9 Å². The molecular formula is C13H15ClN2O2. The maximum Gasteiger partial charge on any atom is 0.240 e. The zero-order valence-electron chi connectivity index (χ0n) is 9.86. The quantitative estimate of drug-likeness (QED) is 0.842. The van der Waals surface area contributed by atoms with Crippen molar-refractivity contribution in [2.24, 2.45) is 11.7 Å². The van der Waals surface area contributed by atoms with Crippen LogP contribution in [0.15, 0.2) is 24.3 Å². The van der Waals surface area contributed by atoms with Crippen molar-refractivity contribution in [1.29, 1.82) is 0 Å². The van der Waals surface area contributed by atoms with E-state index < -0.39 is 11.9 Å². The molecule has 2 rings (SSSR count). The number of carbonyl (C=O) groups excluding carboxylic acids is 2. The van der Waals surface area contributed by atoms with Gasteiger partial charge in [-0.05, 0) is 30.5 Å². The molecule has 0 bridgehead atoms.